The molecule has 9 heteroatoms. The summed E-state index contributed by atoms with van der Waals surface area (Å²) in [6.07, 6.45) is 3.88. The number of benzene rings is 1. The number of amides is 1. The summed E-state index contributed by atoms with van der Waals surface area (Å²) in [6, 6.07) is 9.44. The van der Waals surface area contributed by atoms with Gasteiger partial charge in [-0.25, -0.2) is 8.42 Å². The summed E-state index contributed by atoms with van der Waals surface area (Å²) < 4.78 is 39.0. The highest BCUT2D eigenvalue weighted by Gasteiger charge is 2.38. The fourth-order valence-electron chi connectivity index (χ4n) is 4.88. The largest absolute Gasteiger partial charge is 0.490 e. The molecule has 0 radical (unpaired) electrons. The first-order valence-electron chi connectivity index (χ1n) is 11.3. The predicted octanol–water partition coefficient (Wildman–Crippen LogP) is 3.67. The molecule has 172 valence electrons. The van der Waals surface area contributed by atoms with E-state index in [0.717, 1.165) is 42.9 Å². The van der Waals surface area contributed by atoms with Gasteiger partial charge in [-0.15, -0.1) is 11.3 Å². The zero-order chi connectivity index (χ0) is 22.1. The molecule has 32 heavy (non-hydrogen) atoms. The van der Waals surface area contributed by atoms with Crippen molar-refractivity contribution in [1.82, 2.24) is 9.21 Å². The van der Waals surface area contributed by atoms with E-state index < -0.39 is 10.0 Å². The number of carbonyl (C=O) groups excluding carboxylic acids is 1. The minimum Gasteiger partial charge on any atom is -0.490 e. The Kier molecular flexibility index (Phi) is 6.14. The Labute approximate surface area is 193 Å². The maximum atomic E-state index is 13.4. The van der Waals surface area contributed by atoms with E-state index in [9.17, 15) is 13.2 Å². The van der Waals surface area contributed by atoms with Gasteiger partial charge in [-0.05, 0) is 54.8 Å². The Morgan fingerprint density at radius 1 is 0.969 bits per heavy atom. The lowest BCUT2D eigenvalue weighted by molar-refractivity contribution is -0.137. The molecule has 0 aliphatic carbocycles. The Balaban J connectivity index is 1.26. The monoisotopic (exact) mass is 476 g/mol. The van der Waals surface area contributed by atoms with Crippen LogP contribution in [0.4, 0.5) is 0 Å². The lowest BCUT2D eigenvalue weighted by Crippen LogP contribution is -2.44. The number of hydrogen-bond acceptors (Lipinski definition) is 6. The number of likely N-dealkylation sites (tertiary alicyclic amines) is 1. The molecule has 7 nitrogen and oxygen atoms in total. The summed E-state index contributed by atoms with van der Waals surface area (Å²) >= 11 is 1.24. The zero-order valence-corrected chi connectivity index (χ0v) is 19.6. The molecule has 4 heterocycles. The standard InChI is InChI=1S/C23H28N2O5S2/c26-23(17-8-11-24(12-9-17)32(27,28)22-5-2-15-31-22)25-10-1-4-19(25)18-6-7-20-21(16-18)30-14-3-13-29-20/h2,5-7,15-17,19H,1,3-4,8-14H2/t19-/m0/s1. The Morgan fingerprint density at radius 3 is 2.50 bits per heavy atom. The first-order chi connectivity index (χ1) is 15.5. The van der Waals surface area contributed by atoms with Gasteiger partial charge in [0.25, 0.3) is 10.0 Å². The predicted molar refractivity (Wildman–Crippen MR) is 122 cm³/mol. The second kappa shape index (κ2) is 9.03. The third-order valence-electron chi connectivity index (χ3n) is 6.58. The van der Waals surface area contributed by atoms with Crippen LogP contribution in [0.5, 0.6) is 11.5 Å². The second-order valence-electron chi connectivity index (χ2n) is 8.56. The van der Waals surface area contributed by atoms with Gasteiger partial charge in [-0.1, -0.05) is 12.1 Å². The maximum absolute atomic E-state index is 13.4. The van der Waals surface area contributed by atoms with Crippen molar-refractivity contribution < 1.29 is 22.7 Å². The minimum absolute atomic E-state index is 0.0348. The molecule has 2 saturated heterocycles. The molecule has 5 rings (SSSR count). The van der Waals surface area contributed by atoms with E-state index >= 15 is 0 Å². The van der Waals surface area contributed by atoms with Crippen LogP contribution in [-0.2, 0) is 14.8 Å². The van der Waals surface area contributed by atoms with Crippen molar-refractivity contribution in [3.63, 3.8) is 0 Å². The minimum atomic E-state index is -3.45. The van der Waals surface area contributed by atoms with E-state index in [2.05, 4.69) is 0 Å². The van der Waals surface area contributed by atoms with Crippen molar-refractivity contribution in [3.05, 3.63) is 41.3 Å². The Bertz CT molecular complexity index is 1060. The van der Waals surface area contributed by atoms with Gasteiger partial charge in [0.15, 0.2) is 11.5 Å². The van der Waals surface area contributed by atoms with Gasteiger partial charge in [-0.2, -0.15) is 4.31 Å². The molecule has 1 aromatic heterocycles. The first kappa shape index (κ1) is 21.7. The van der Waals surface area contributed by atoms with Crippen LogP contribution in [0.15, 0.2) is 39.9 Å². The smallest absolute Gasteiger partial charge is 0.252 e. The van der Waals surface area contributed by atoms with Crippen molar-refractivity contribution in [2.45, 2.75) is 42.4 Å². The number of carbonyl (C=O) groups is 1. The van der Waals surface area contributed by atoms with Gasteiger partial charge in [-0.3, -0.25) is 4.79 Å². The van der Waals surface area contributed by atoms with E-state index in [0.29, 0.717) is 43.4 Å². The first-order valence-corrected chi connectivity index (χ1v) is 13.6. The number of thiophene rings is 1. The molecule has 0 N–H and O–H groups in total. The van der Waals surface area contributed by atoms with Gasteiger partial charge in [0.05, 0.1) is 19.3 Å². The zero-order valence-electron chi connectivity index (χ0n) is 17.9. The summed E-state index contributed by atoms with van der Waals surface area (Å²) in [5.74, 6) is 1.53. The highest BCUT2D eigenvalue weighted by atomic mass is 32.2. The molecule has 2 fully saturated rings. The molecule has 0 spiro atoms. The lowest BCUT2D eigenvalue weighted by Gasteiger charge is -2.34. The van der Waals surface area contributed by atoms with E-state index in [-0.39, 0.29) is 17.9 Å². The van der Waals surface area contributed by atoms with E-state index in [1.54, 1.807) is 17.5 Å². The summed E-state index contributed by atoms with van der Waals surface area (Å²) in [7, 11) is -3.45. The van der Waals surface area contributed by atoms with Crippen LogP contribution in [0.3, 0.4) is 0 Å². The fraction of sp³-hybridized carbons (Fsp3) is 0.522. The van der Waals surface area contributed by atoms with Crippen molar-refractivity contribution in [3.8, 4) is 11.5 Å². The van der Waals surface area contributed by atoms with Gasteiger partial charge < -0.3 is 14.4 Å². The third-order valence-corrected chi connectivity index (χ3v) is 9.86. The van der Waals surface area contributed by atoms with Crippen LogP contribution in [0.25, 0.3) is 0 Å². The molecule has 0 unspecified atom stereocenters. The topological polar surface area (TPSA) is 76.2 Å². The van der Waals surface area contributed by atoms with Crippen LogP contribution < -0.4 is 9.47 Å². The third kappa shape index (κ3) is 4.13. The van der Waals surface area contributed by atoms with Gasteiger partial charge in [0, 0.05) is 32.0 Å². The molecule has 2 aromatic rings. The summed E-state index contributed by atoms with van der Waals surface area (Å²) in [6.45, 7) is 2.81. The van der Waals surface area contributed by atoms with Crippen molar-refractivity contribution in [1.29, 1.82) is 0 Å². The quantitative estimate of drug-likeness (QED) is 0.673. The Hall–Kier alpha value is -2.10. The summed E-state index contributed by atoms with van der Waals surface area (Å²) in [4.78, 5) is 15.4. The van der Waals surface area contributed by atoms with E-state index in [1.807, 2.05) is 23.1 Å². The van der Waals surface area contributed by atoms with E-state index in [4.69, 9.17) is 9.47 Å². The average molecular weight is 477 g/mol. The number of piperidine rings is 1. The van der Waals surface area contributed by atoms with Gasteiger partial charge in [0.2, 0.25) is 5.91 Å². The molecular formula is C23H28N2O5S2. The van der Waals surface area contributed by atoms with Crippen molar-refractivity contribution in [2.75, 3.05) is 32.8 Å². The normalized spacial score (nSPS) is 22.6. The van der Waals surface area contributed by atoms with Crippen LogP contribution >= 0.6 is 11.3 Å². The van der Waals surface area contributed by atoms with E-state index in [1.165, 1.54) is 15.6 Å². The molecule has 0 saturated carbocycles. The summed E-state index contributed by atoms with van der Waals surface area (Å²) in [5.41, 5.74) is 1.08. The number of rotatable bonds is 4. The molecule has 1 aromatic carbocycles. The number of sulfonamides is 1. The van der Waals surface area contributed by atoms with Crippen LogP contribution in [0, 0.1) is 5.92 Å². The second-order valence-corrected chi connectivity index (χ2v) is 11.7. The van der Waals surface area contributed by atoms with Crippen LogP contribution in [-0.4, -0.2) is 56.4 Å². The van der Waals surface area contributed by atoms with Gasteiger partial charge >= 0.3 is 0 Å². The fourth-order valence-corrected chi connectivity index (χ4v) is 7.49. The van der Waals surface area contributed by atoms with Crippen molar-refractivity contribution >= 4 is 27.3 Å². The summed E-state index contributed by atoms with van der Waals surface area (Å²) in [5, 5.41) is 1.77. The molecule has 1 atom stereocenters. The molecular weight excluding hydrogens is 448 g/mol. The Morgan fingerprint density at radius 2 is 1.75 bits per heavy atom. The highest BCUT2D eigenvalue weighted by Crippen LogP contribution is 2.39. The maximum Gasteiger partial charge on any atom is 0.252 e. The molecule has 3 aliphatic rings. The van der Waals surface area contributed by atoms with Crippen LogP contribution in [0.2, 0.25) is 0 Å². The lowest BCUT2D eigenvalue weighted by atomic mass is 9.95. The number of nitrogens with zero attached hydrogens (tertiary/aromatic N) is 2. The van der Waals surface area contributed by atoms with Crippen LogP contribution in [0.1, 0.15) is 43.7 Å². The molecule has 3 aliphatic heterocycles. The van der Waals surface area contributed by atoms with Crippen molar-refractivity contribution in [2.24, 2.45) is 5.92 Å². The van der Waals surface area contributed by atoms with Gasteiger partial charge in [0.1, 0.15) is 4.21 Å². The molecule has 0 bridgehead atoms. The number of fused-ring (bicyclic) bond motifs is 1. The average Bonchev–Trinajstić information content (AvgIpc) is 3.48. The molecule has 1 amide bonds. The number of hydrogen-bond donors (Lipinski definition) is 0. The number of ether oxygens (including phenoxy) is 2. The highest BCUT2D eigenvalue weighted by molar-refractivity contribution is 7.91. The SMILES string of the molecule is O=C(C1CCN(S(=O)(=O)c2cccs2)CC1)N1CCC[C@H]1c1ccc2c(c1)OCCCO2.